The van der Waals surface area contributed by atoms with Crippen molar-refractivity contribution in [3.63, 3.8) is 0 Å². The normalized spacial score (nSPS) is 15.9. The summed E-state index contributed by atoms with van der Waals surface area (Å²) < 4.78 is 0. The fourth-order valence-electron chi connectivity index (χ4n) is 2.74. The minimum Gasteiger partial charge on any atom is -0.397 e. The number of benzene rings is 1. The Balaban J connectivity index is 1.79. The molecular formula is C15H23N3O. The van der Waals surface area contributed by atoms with Crippen LogP contribution < -0.4 is 11.1 Å². The van der Waals surface area contributed by atoms with E-state index in [2.05, 4.69) is 10.2 Å². The summed E-state index contributed by atoms with van der Waals surface area (Å²) in [6, 6.07) is 7.34. The monoisotopic (exact) mass is 261 g/mol. The predicted molar refractivity (Wildman–Crippen MR) is 78.9 cm³/mol. The third-order valence-electron chi connectivity index (χ3n) is 3.69. The lowest BCUT2D eigenvalue weighted by atomic mass is 10.1. The highest BCUT2D eigenvalue weighted by molar-refractivity contribution is 5.95. The lowest BCUT2D eigenvalue weighted by Crippen LogP contribution is -2.33. The first-order valence-electron chi connectivity index (χ1n) is 6.98. The molecule has 0 heterocycles. The minimum absolute atomic E-state index is 0.00148. The molecule has 1 amide bonds. The van der Waals surface area contributed by atoms with Gasteiger partial charge in [-0.1, -0.05) is 25.0 Å². The molecule has 0 spiro atoms. The standard InChI is InChI=1S/C15H23N3O/c1-18(10-12-6-2-3-7-12)11-15(19)17-14-9-5-4-8-13(14)16/h4-5,8-9,12H,2-3,6-7,10-11,16H2,1H3,(H,17,19). The van der Waals surface area contributed by atoms with Gasteiger partial charge in [-0.15, -0.1) is 0 Å². The van der Waals surface area contributed by atoms with E-state index >= 15 is 0 Å². The van der Waals surface area contributed by atoms with Gasteiger partial charge >= 0.3 is 0 Å². The van der Waals surface area contributed by atoms with Crippen LogP contribution in [0.1, 0.15) is 25.7 Å². The van der Waals surface area contributed by atoms with Crippen molar-refractivity contribution in [2.45, 2.75) is 25.7 Å². The number of nitrogens with two attached hydrogens (primary N) is 1. The molecule has 1 aliphatic rings. The summed E-state index contributed by atoms with van der Waals surface area (Å²) in [4.78, 5) is 14.0. The van der Waals surface area contributed by atoms with E-state index in [-0.39, 0.29) is 5.91 Å². The topological polar surface area (TPSA) is 58.4 Å². The third-order valence-corrected chi connectivity index (χ3v) is 3.69. The number of nitrogens with one attached hydrogen (secondary N) is 1. The van der Waals surface area contributed by atoms with E-state index in [0.29, 0.717) is 17.9 Å². The van der Waals surface area contributed by atoms with Crippen LogP contribution in [0.25, 0.3) is 0 Å². The van der Waals surface area contributed by atoms with Gasteiger partial charge in [-0.05, 0) is 37.9 Å². The third kappa shape index (κ3) is 4.24. The number of rotatable bonds is 5. The van der Waals surface area contributed by atoms with E-state index in [1.54, 1.807) is 6.07 Å². The van der Waals surface area contributed by atoms with Crippen LogP contribution in [-0.4, -0.2) is 30.9 Å². The molecule has 3 N–H and O–H groups in total. The van der Waals surface area contributed by atoms with Crippen molar-refractivity contribution in [1.82, 2.24) is 4.90 Å². The Morgan fingerprint density at radius 2 is 2.05 bits per heavy atom. The maximum atomic E-state index is 11.9. The van der Waals surface area contributed by atoms with Crippen molar-refractivity contribution in [2.24, 2.45) is 5.92 Å². The molecule has 1 aromatic rings. The number of nitrogens with zero attached hydrogens (tertiary/aromatic N) is 1. The smallest absolute Gasteiger partial charge is 0.238 e. The predicted octanol–water partition coefficient (Wildman–Crippen LogP) is 2.33. The average Bonchev–Trinajstić information content (AvgIpc) is 2.84. The molecule has 0 saturated heterocycles. The minimum atomic E-state index is -0.00148. The zero-order valence-corrected chi connectivity index (χ0v) is 11.6. The number of carbonyl (C=O) groups excluding carboxylic acids is 1. The van der Waals surface area contributed by atoms with Crippen LogP contribution in [0.5, 0.6) is 0 Å². The van der Waals surface area contributed by atoms with Gasteiger partial charge in [-0.2, -0.15) is 0 Å². The fraction of sp³-hybridized carbons (Fsp3) is 0.533. The first-order valence-corrected chi connectivity index (χ1v) is 6.98. The lowest BCUT2D eigenvalue weighted by Gasteiger charge is -2.20. The maximum absolute atomic E-state index is 11.9. The Morgan fingerprint density at radius 1 is 1.37 bits per heavy atom. The van der Waals surface area contributed by atoms with Gasteiger partial charge in [0.2, 0.25) is 5.91 Å². The molecule has 19 heavy (non-hydrogen) atoms. The lowest BCUT2D eigenvalue weighted by molar-refractivity contribution is -0.117. The fourth-order valence-corrected chi connectivity index (χ4v) is 2.74. The first-order chi connectivity index (χ1) is 9.15. The molecule has 0 radical (unpaired) electrons. The van der Waals surface area contributed by atoms with E-state index in [1.165, 1.54) is 25.7 Å². The van der Waals surface area contributed by atoms with Crippen LogP contribution >= 0.6 is 0 Å². The van der Waals surface area contributed by atoms with Crippen LogP contribution in [-0.2, 0) is 4.79 Å². The summed E-state index contributed by atoms with van der Waals surface area (Å²) in [5, 5.41) is 2.86. The Morgan fingerprint density at radius 3 is 2.74 bits per heavy atom. The number of anilines is 2. The second kappa shape index (κ2) is 6.57. The molecule has 1 aromatic carbocycles. The zero-order valence-electron chi connectivity index (χ0n) is 11.6. The van der Waals surface area contributed by atoms with Crippen molar-refractivity contribution in [3.8, 4) is 0 Å². The summed E-state index contributed by atoms with van der Waals surface area (Å²) in [5.41, 5.74) is 7.11. The Bertz CT molecular complexity index is 427. The van der Waals surface area contributed by atoms with Crippen molar-refractivity contribution in [3.05, 3.63) is 24.3 Å². The highest BCUT2D eigenvalue weighted by atomic mass is 16.2. The molecule has 0 atom stereocenters. The number of hydrogen-bond acceptors (Lipinski definition) is 3. The maximum Gasteiger partial charge on any atom is 0.238 e. The molecule has 4 nitrogen and oxygen atoms in total. The molecule has 1 fully saturated rings. The number of carbonyl (C=O) groups is 1. The van der Waals surface area contributed by atoms with Gasteiger partial charge in [0.1, 0.15) is 0 Å². The molecular weight excluding hydrogens is 238 g/mol. The number of hydrogen-bond donors (Lipinski definition) is 2. The molecule has 0 bridgehead atoms. The van der Waals surface area contributed by atoms with Gasteiger partial charge in [-0.3, -0.25) is 9.69 Å². The molecule has 0 unspecified atom stereocenters. The van der Waals surface area contributed by atoms with Crippen molar-refractivity contribution in [2.75, 3.05) is 31.2 Å². The summed E-state index contributed by atoms with van der Waals surface area (Å²) in [5.74, 6) is 0.762. The van der Waals surface area contributed by atoms with E-state index in [0.717, 1.165) is 12.5 Å². The van der Waals surface area contributed by atoms with Crippen molar-refractivity contribution < 1.29 is 4.79 Å². The molecule has 0 aliphatic heterocycles. The Labute approximate surface area is 115 Å². The summed E-state index contributed by atoms with van der Waals surface area (Å²) in [7, 11) is 2.01. The SMILES string of the molecule is CN(CC(=O)Nc1ccccc1N)CC1CCCC1. The molecule has 2 rings (SSSR count). The van der Waals surface area contributed by atoms with Crippen LogP contribution in [0.4, 0.5) is 11.4 Å². The van der Waals surface area contributed by atoms with Gasteiger partial charge in [-0.25, -0.2) is 0 Å². The van der Waals surface area contributed by atoms with Crippen LogP contribution in [0, 0.1) is 5.92 Å². The molecule has 0 aromatic heterocycles. The molecule has 1 aliphatic carbocycles. The van der Waals surface area contributed by atoms with Crippen LogP contribution in [0.3, 0.4) is 0 Å². The number of nitrogen functional groups attached to an aromatic ring is 1. The second-order valence-corrected chi connectivity index (χ2v) is 5.48. The highest BCUT2D eigenvalue weighted by Crippen LogP contribution is 2.25. The second-order valence-electron chi connectivity index (χ2n) is 5.48. The highest BCUT2D eigenvalue weighted by Gasteiger charge is 2.18. The van der Waals surface area contributed by atoms with Crippen LogP contribution in [0.15, 0.2) is 24.3 Å². The quantitative estimate of drug-likeness (QED) is 0.800. The molecule has 4 heteroatoms. The average molecular weight is 261 g/mol. The van der Waals surface area contributed by atoms with Crippen molar-refractivity contribution in [1.29, 1.82) is 0 Å². The Hall–Kier alpha value is -1.55. The van der Waals surface area contributed by atoms with Gasteiger partial charge in [0.25, 0.3) is 0 Å². The largest absolute Gasteiger partial charge is 0.397 e. The van der Waals surface area contributed by atoms with Gasteiger partial charge in [0.15, 0.2) is 0 Å². The number of likely N-dealkylation sites (N-methyl/N-ethyl adjacent to an activating group) is 1. The molecule has 1 saturated carbocycles. The van der Waals surface area contributed by atoms with E-state index < -0.39 is 0 Å². The Kier molecular flexibility index (Phi) is 4.80. The van der Waals surface area contributed by atoms with Crippen LogP contribution in [0.2, 0.25) is 0 Å². The van der Waals surface area contributed by atoms with Gasteiger partial charge < -0.3 is 11.1 Å². The summed E-state index contributed by atoms with van der Waals surface area (Å²) in [6.45, 7) is 1.43. The summed E-state index contributed by atoms with van der Waals surface area (Å²) >= 11 is 0. The summed E-state index contributed by atoms with van der Waals surface area (Å²) in [6.07, 6.45) is 5.28. The van der Waals surface area contributed by atoms with E-state index in [1.807, 2.05) is 25.2 Å². The van der Waals surface area contributed by atoms with E-state index in [4.69, 9.17) is 5.73 Å². The number of para-hydroxylation sites is 2. The van der Waals surface area contributed by atoms with Gasteiger partial charge in [0.05, 0.1) is 17.9 Å². The zero-order chi connectivity index (χ0) is 13.7. The van der Waals surface area contributed by atoms with E-state index in [9.17, 15) is 4.79 Å². The van der Waals surface area contributed by atoms with Gasteiger partial charge in [0, 0.05) is 6.54 Å². The van der Waals surface area contributed by atoms with Crippen molar-refractivity contribution >= 4 is 17.3 Å². The number of amides is 1. The molecule has 104 valence electrons. The first kappa shape index (κ1) is 13.9.